The second kappa shape index (κ2) is 8.97. The number of carbonyl (C=O) groups is 3. The smallest absolute Gasteiger partial charge is 0.407 e. The Morgan fingerprint density at radius 1 is 1.34 bits per heavy atom. The zero-order valence-electron chi connectivity index (χ0n) is 19.6. The van der Waals surface area contributed by atoms with Gasteiger partial charge >= 0.3 is 6.09 Å². The number of nitrogens with two attached hydrogens (primary N) is 1. The fourth-order valence-electron chi connectivity index (χ4n) is 4.61. The van der Waals surface area contributed by atoms with Crippen LogP contribution in [0.25, 0.3) is 0 Å². The monoisotopic (exact) mass is 446 g/mol. The maximum Gasteiger partial charge on any atom is 0.407 e. The van der Waals surface area contributed by atoms with Gasteiger partial charge in [0.25, 0.3) is 11.8 Å². The number of carbonyl (C=O) groups excluding carboxylic acids is 2. The summed E-state index contributed by atoms with van der Waals surface area (Å²) in [5.41, 5.74) is 6.48. The Morgan fingerprint density at radius 2 is 2.03 bits per heavy atom. The lowest BCUT2D eigenvalue weighted by molar-refractivity contribution is -0.132. The number of hydrogen-bond donors (Lipinski definition) is 2. The Labute approximate surface area is 189 Å². The third kappa shape index (κ3) is 4.39. The Morgan fingerprint density at radius 3 is 2.62 bits per heavy atom. The third-order valence-electron chi connectivity index (χ3n) is 6.16. The fourth-order valence-corrected chi connectivity index (χ4v) is 4.61. The second-order valence-electron chi connectivity index (χ2n) is 9.32. The lowest BCUT2D eigenvalue weighted by Crippen LogP contribution is -2.54. The van der Waals surface area contributed by atoms with Crippen molar-refractivity contribution in [1.29, 1.82) is 0 Å². The molecule has 0 saturated carbocycles. The number of amides is 3. The van der Waals surface area contributed by atoms with Gasteiger partial charge in [-0.2, -0.15) is 0 Å². The van der Waals surface area contributed by atoms with E-state index in [1.54, 1.807) is 35.8 Å². The van der Waals surface area contributed by atoms with Crippen LogP contribution < -0.4 is 15.4 Å². The maximum absolute atomic E-state index is 13.7. The van der Waals surface area contributed by atoms with E-state index >= 15 is 0 Å². The topological polar surface area (TPSA) is 116 Å². The molecule has 0 aliphatic carbocycles. The number of carboxylic acid groups (broad SMARTS) is 1. The summed E-state index contributed by atoms with van der Waals surface area (Å²) in [6.45, 7) is 10.5. The zero-order chi connectivity index (χ0) is 23.8. The van der Waals surface area contributed by atoms with Crippen molar-refractivity contribution in [3.63, 3.8) is 0 Å². The van der Waals surface area contributed by atoms with Crippen LogP contribution in [-0.2, 0) is 4.79 Å². The minimum Gasteiger partial charge on any atom is -0.476 e. The molecule has 2 aliphatic heterocycles. The van der Waals surface area contributed by atoms with E-state index in [9.17, 15) is 19.5 Å². The van der Waals surface area contributed by atoms with Gasteiger partial charge in [-0.1, -0.05) is 0 Å². The first kappa shape index (κ1) is 23.8. The summed E-state index contributed by atoms with van der Waals surface area (Å²) in [6, 6.07) is 3.18. The average molecular weight is 447 g/mol. The molecule has 1 aromatic rings. The number of fused-ring (bicyclic) bond motifs is 1. The zero-order valence-corrected chi connectivity index (χ0v) is 19.6. The molecule has 9 nitrogen and oxygen atoms in total. The third-order valence-corrected chi connectivity index (χ3v) is 6.16. The van der Waals surface area contributed by atoms with E-state index in [1.165, 1.54) is 4.90 Å². The van der Waals surface area contributed by atoms with Crippen molar-refractivity contribution in [2.75, 3.05) is 31.1 Å². The lowest BCUT2D eigenvalue weighted by atomic mass is 9.97. The predicted octanol–water partition coefficient (Wildman–Crippen LogP) is 2.45. The predicted molar refractivity (Wildman–Crippen MR) is 121 cm³/mol. The van der Waals surface area contributed by atoms with Crippen LogP contribution in [0.15, 0.2) is 12.1 Å². The molecule has 0 aromatic heterocycles. The number of nitrogens with zero attached hydrogens (tertiary/aromatic N) is 3. The molecule has 9 heteroatoms. The van der Waals surface area contributed by atoms with E-state index in [0.717, 1.165) is 12.0 Å². The number of piperidine rings is 1. The van der Waals surface area contributed by atoms with Crippen molar-refractivity contribution >= 4 is 23.6 Å². The number of aryl methyl sites for hydroxylation is 1. The molecule has 176 valence electrons. The summed E-state index contributed by atoms with van der Waals surface area (Å²) < 4.78 is 5.96. The van der Waals surface area contributed by atoms with E-state index in [-0.39, 0.29) is 30.4 Å². The molecule has 2 heterocycles. The number of anilines is 1. The molecule has 1 saturated heterocycles. The van der Waals surface area contributed by atoms with Crippen molar-refractivity contribution < 1.29 is 24.2 Å². The highest BCUT2D eigenvalue weighted by molar-refractivity contribution is 6.05. The Bertz CT molecular complexity index is 914. The first-order valence-corrected chi connectivity index (χ1v) is 11.1. The molecule has 1 fully saturated rings. The maximum atomic E-state index is 13.7. The van der Waals surface area contributed by atoms with Crippen LogP contribution in [0, 0.1) is 6.92 Å². The summed E-state index contributed by atoms with van der Waals surface area (Å²) in [5.74, 6) is 0.160. The van der Waals surface area contributed by atoms with Gasteiger partial charge in [-0.25, -0.2) is 4.79 Å². The van der Waals surface area contributed by atoms with E-state index in [1.807, 2.05) is 20.8 Å². The quantitative estimate of drug-likeness (QED) is 0.718. The van der Waals surface area contributed by atoms with E-state index in [0.29, 0.717) is 43.1 Å². The minimum absolute atomic E-state index is 0.117. The average Bonchev–Trinajstić information content (AvgIpc) is 2.71. The van der Waals surface area contributed by atoms with Crippen LogP contribution in [-0.4, -0.2) is 76.7 Å². The molecular weight excluding hydrogens is 412 g/mol. The molecular formula is C23H34N4O5. The van der Waals surface area contributed by atoms with Crippen molar-refractivity contribution in [2.24, 2.45) is 5.73 Å². The molecule has 1 aromatic carbocycles. The summed E-state index contributed by atoms with van der Waals surface area (Å²) in [4.78, 5) is 42.9. The summed E-state index contributed by atoms with van der Waals surface area (Å²) >= 11 is 0. The lowest BCUT2D eigenvalue weighted by Gasteiger charge is -2.41. The van der Waals surface area contributed by atoms with Gasteiger partial charge in [0.1, 0.15) is 5.75 Å². The minimum atomic E-state index is -1.02. The standard InChI is InChI=1S/C23H34N4O5/c1-14(2)27(16-7-6-9-25(13-16)22(30)31)20(28)17-12-18-19(11-15(17)3)32-23(4,5)21(29)26(18)10-8-24/h11-12,14,16H,6-10,13,24H2,1-5H3,(H,30,31)/t16-/m1/s1. The first-order valence-electron chi connectivity index (χ1n) is 11.1. The van der Waals surface area contributed by atoms with Crippen LogP contribution in [0.1, 0.15) is 56.5 Å². The highest BCUT2D eigenvalue weighted by Crippen LogP contribution is 2.40. The van der Waals surface area contributed by atoms with Crippen LogP contribution in [0.5, 0.6) is 5.75 Å². The van der Waals surface area contributed by atoms with Gasteiger partial charge in [-0.15, -0.1) is 0 Å². The summed E-state index contributed by atoms with van der Waals surface area (Å²) in [7, 11) is 0. The fraction of sp³-hybridized carbons (Fsp3) is 0.609. The largest absolute Gasteiger partial charge is 0.476 e. The second-order valence-corrected chi connectivity index (χ2v) is 9.32. The normalized spacial score (nSPS) is 20.1. The van der Waals surface area contributed by atoms with Crippen LogP contribution >= 0.6 is 0 Å². The Hall–Kier alpha value is -2.81. The van der Waals surface area contributed by atoms with Gasteiger partial charge in [0.15, 0.2) is 5.60 Å². The first-order chi connectivity index (χ1) is 15.0. The van der Waals surface area contributed by atoms with Gasteiger partial charge < -0.3 is 30.3 Å². The van der Waals surface area contributed by atoms with Gasteiger partial charge in [0, 0.05) is 37.8 Å². The molecule has 1 atom stereocenters. The van der Waals surface area contributed by atoms with Crippen molar-refractivity contribution in [2.45, 2.75) is 65.1 Å². The number of ether oxygens (including phenoxy) is 1. The highest BCUT2D eigenvalue weighted by atomic mass is 16.5. The molecule has 0 unspecified atom stereocenters. The molecule has 3 amide bonds. The number of likely N-dealkylation sites (tertiary alicyclic amines) is 1. The summed E-state index contributed by atoms with van der Waals surface area (Å²) in [6.07, 6.45) is 0.483. The van der Waals surface area contributed by atoms with Crippen molar-refractivity contribution in [3.05, 3.63) is 23.3 Å². The van der Waals surface area contributed by atoms with Gasteiger partial charge in [0.05, 0.1) is 11.7 Å². The van der Waals surface area contributed by atoms with E-state index in [4.69, 9.17) is 10.5 Å². The molecule has 32 heavy (non-hydrogen) atoms. The van der Waals surface area contributed by atoms with Gasteiger partial charge in [-0.3, -0.25) is 9.59 Å². The number of rotatable bonds is 5. The van der Waals surface area contributed by atoms with Crippen LogP contribution in [0.4, 0.5) is 10.5 Å². The van der Waals surface area contributed by atoms with E-state index < -0.39 is 11.7 Å². The molecule has 0 radical (unpaired) electrons. The highest BCUT2D eigenvalue weighted by Gasteiger charge is 2.42. The molecule has 3 rings (SSSR count). The number of benzene rings is 1. The Balaban J connectivity index is 2.00. The van der Waals surface area contributed by atoms with Gasteiger partial charge in [-0.05, 0) is 65.2 Å². The van der Waals surface area contributed by atoms with Crippen LogP contribution in [0.3, 0.4) is 0 Å². The molecule has 2 aliphatic rings. The molecule has 0 spiro atoms. The molecule has 0 bridgehead atoms. The van der Waals surface area contributed by atoms with Crippen LogP contribution in [0.2, 0.25) is 0 Å². The SMILES string of the molecule is Cc1cc2c(cc1C(=O)N(C(C)C)[C@@H]1CCCN(C(=O)O)C1)N(CCN)C(=O)C(C)(C)O2. The number of hydrogen-bond acceptors (Lipinski definition) is 5. The van der Waals surface area contributed by atoms with Crippen molar-refractivity contribution in [1.82, 2.24) is 9.80 Å². The molecule has 3 N–H and O–H groups in total. The Kier molecular flexibility index (Phi) is 6.69. The summed E-state index contributed by atoms with van der Waals surface area (Å²) in [5, 5.41) is 9.42. The van der Waals surface area contributed by atoms with E-state index in [2.05, 4.69) is 0 Å². The van der Waals surface area contributed by atoms with Crippen molar-refractivity contribution in [3.8, 4) is 5.75 Å². The van der Waals surface area contributed by atoms with Gasteiger partial charge in [0.2, 0.25) is 0 Å².